The van der Waals surface area contributed by atoms with E-state index in [-0.39, 0.29) is 5.78 Å². The minimum atomic E-state index is 0.127. The number of aryl methyl sites for hydroxylation is 4. The summed E-state index contributed by atoms with van der Waals surface area (Å²) in [5.41, 5.74) is 4.08. The highest BCUT2D eigenvalue weighted by atomic mass is 32.2. The molecule has 0 radical (unpaired) electrons. The first-order valence-corrected chi connectivity index (χ1v) is 7.09. The average molecular weight is 275 g/mol. The molecular weight excluding hydrogens is 258 g/mol. The van der Waals surface area contributed by atoms with Gasteiger partial charge in [-0.1, -0.05) is 29.5 Å². The quantitative estimate of drug-likeness (QED) is 0.688. The molecule has 4 nitrogen and oxygen atoms in total. The van der Waals surface area contributed by atoms with Gasteiger partial charge in [-0.15, -0.1) is 5.10 Å². The fourth-order valence-electron chi connectivity index (χ4n) is 2.21. The zero-order valence-electron chi connectivity index (χ0n) is 11.6. The summed E-state index contributed by atoms with van der Waals surface area (Å²) in [6.45, 7) is 7.84. The molecule has 0 spiro atoms. The van der Waals surface area contributed by atoms with Crippen LogP contribution in [0.1, 0.15) is 32.9 Å². The van der Waals surface area contributed by atoms with Crippen LogP contribution in [-0.4, -0.2) is 26.7 Å². The highest BCUT2D eigenvalue weighted by molar-refractivity contribution is 7.99. The van der Waals surface area contributed by atoms with Crippen LogP contribution in [0.15, 0.2) is 17.3 Å². The third kappa shape index (κ3) is 3.23. The van der Waals surface area contributed by atoms with Crippen LogP contribution >= 0.6 is 11.8 Å². The number of nitrogens with one attached hydrogen (secondary N) is 1. The molecule has 100 valence electrons. The molecule has 0 saturated heterocycles. The van der Waals surface area contributed by atoms with Crippen molar-refractivity contribution >= 4 is 17.5 Å². The molecule has 5 heteroatoms. The molecular formula is C14H17N3OS. The lowest BCUT2D eigenvalue weighted by Crippen LogP contribution is -2.08. The molecule has 0 aliphatic carbocycles. The Hall–Kier alpha value is -1.62. The van der Waals surface area contributed by atoms with Gasteiger partial charge in [-0.2, -0.15) is 0 Å². The zero-order chi connectivity index (χ0) is 14.0. The fourth-order valence-corrected chi connectivity index (χ4v) is 2.93. The van der Waals surface area contributed by atoms with Gasteiger partial charge in [-0.3, -0.25) is 9.89 Å². The second kappa shape index (κ2) is 5.57. The molecule has 0 aliphatic rings. The van der Waals surface area contributed by atoms with Gasteiger partial charge in [0, 0.05) is 5.56 Å². The van der Waals surface area contributed by atoms with Gasteiger partial charge in [-0.25, -0.2) is 4.98 Å². The van der Waals surface area contributed by atoms with Crippen molar-refractivity contribution in [3.8, 4) is 0 Å². The molecule has 2 rings (SSSR count). The van der Waals surface area contributed by atoms with E-state index in [2.05, 4.69) is 15.2 Å². The number of rotatable bonds is 4. The first-order chi connectivity index (χ1) is 8.97. The van der Waals surface area contributed by atoms with Crippen molar-refractivity contribution in [3.63, 3.8) is 0 Å². The molecule has 0 fully saturated rings. The number of carbonyl (C=O) groups excluding carboxylic acids is 1. The van der Waals surface area contributed by atoms with Gasteiger partial charge in [0.2, 0.25) is 5.16 Å². The third-order valence-electron chi connectivity index (χ3n) is 2.86. The lowest BCUT2D eigenvalue weighted by atomic mass is 9.97. The van der Waals surface area contributed by atoms with Crippen LogP contribution in [0.2, 0.25) is 0 Å². The van der Waals surface area contributed by atoms with Crippen LogP contribution in [0, 0.1) is 27.7 Å². The number of aromatic nitrogens is 3. The zero-order valence-corrected chi connectivity index (χ0v) is 12.4. The van der Waals surface area contributed by atoms with Crippen molar-refractivity contribution < 1.29 is 4.79 Å². The van der Waals surface area contributed by atoms with Crippen LogP contribution < -0.4 is 0 Å². The normalized spacial score (nSPS) is 10.7. The number of aromatic amines is 1. The van der Waals surface area contributed by atoms with Gasteiger partial charge < -0.3 is 0 Å². The van der Waals surface area contributed by atoms with E-state index in [4.69, 9.17) is 0 Å². The SMILES string of the molecule is Cc1cc(C)c(C(=O)CSc2n[nH]c(C)n2)c(C)c1. The molecule has 1 aromatic carbocycles. The minimum Gasteiger partial charge on any atom is -0.293 e. The highest BCUT2D eigenvalue weighted by Crippen LogP contribution is 2.20. The molecule has 0 saturated carbocycles. The minimum absolute atomic E-state index is 0.127. The van der Waals surface area contributed by atoms with E-state index in [1.165, 1.54) is 17.3 Å². The summed E-state index contributed by atoms with van der Waals surface area (Å²) >= 11 is 1.36. The summed E-state index contributed by atoms with van der Waals surface area (Å²) in [7, 11) is 0. The topological polar surface area (TPSA) is 58.6 Å². The van der Waals surface area contributed by atoms with Crippen LogP contribution in [0.5, 0.6) is 0 Å². The van der Waals surface area contributed by atoms with E-state index in [1.54, 1.807) is 0 Å². The Morgan fingerprint density at radius 1 is 1.21 bits per heavy atom. The van der Waals surface area contributed by atoms with Crippen molar-refractivity contribution in [2.24, 2.45) is 0 Å². The molecule has 0 amide bonds. The number of ketones is 1. The molecule has 1 aromatic heterocycles. The molecule has 1 heterocycles. The Labute approximate surface area is 117 Å². The number of benzene rings is 1. The first-order valence-electron chi connectivity index (χ1n) is 6.10. The summed E-state index contributed by atoms with van der Waals surface area (Å²) in [6.07, 6.45) is 0. The predicted octanol–water partition coefficient (Wildman–Crippen LogP) is 3.01. The molecule has 0 atom stereocenters. The lowest BCUT2D eigenvalue weighted by Gasteiger charge is -2.09. The van der Waals surface area contributed by atoms with Crippen molar-refractivity contribution in [1.29, 1.82) is 0 Å². The van der Waals surface area contributed by atoms with Crippen LogP contribution in [0.25, 0.3) is 0 Å². The maximum absolute atomic E-state index is 12.3. The number of hydrogen-bond acceptors (Lipinski definition) is 4. The summed E-state index contributed by atoms with van der Waals surface area (Å²) in [4.78, 5) is 16.5. The van der Waals surface area contributed by atoms with E-state index >= 15 is 0 Å². The molecule has 0 unspecified atom stereocenters. The Morgan fingerprint density at radius 2 is 1.84 bits per heavy atom. The third-order valence-corrected chi connectivity index (χ3v) is 3.71. The maximum Gasteiger partial charge on any atom is 0.208 e. The van der Waals surface area contributed by atoms with Crippen molar-refractivity contribution in [3.05, 3.63) is 40.2 Å². The van der Waals surface area contributed by atoms with E-state index in [1.807, 2.05) is 39.8 Å². The number of hydrogen-bond donors (Lipinski definition) is 1. The van der Waals surface area contributed by atoms with E-state index in [0.717, 1.165) is 22.5 Å². The number of thioether (sulfide) groups is 1. The number of H-pyrrole nitrogens is 1. The van der Waals surface area contributed by atoms with Crippen LogP contribution in [-0.2, 0) is 0 Å². The summed E-state index contributed by atoms with van der Waals surface area (Å²) in [6, 6.07) is 4.09. The highest BCUT2D eigenvalue weighted by Gasteiger charge is 2.14. The molecule has 2 aromatic rings. The van der Waals surface area contributed by atoms with Gasteiger partial charge in [0.05, 0.1) is 5.75 Å². The molecule has 19 heavy (non-hydrogen) atoms. The summed E-state index contributed by atoms with van der Waals surface area (Å²) in [5, 5.41) is 7.40. The van der Waals surface area contributed by atoms with E-state index in [9.17, 15) is 4.79 Å². The number of nitrogens with zero attached hydrogens (tertiary/aromatic N) is 2. The van der Waals surface area contributed by atoms with Crippen LogP contribution in [0.4, 0.5) is 0 Å². The summed E-state index contributed by atoms with van der Waals surface area (Å²) < 4.78 is 0. The first kappa shape index (κ1) is 13.8. The largest absolute Gasteiger partial charge is 0.293 e. The molecule has 0 aliphatic heterocycles. The van der Waals surface area contributed by atoms with Gasteiger partial charge >= 0.3 is 0 Å². The Morgan fingerprint density at radius 3 is 2.37 bits per heavy atom. The van der Waals surface area contributed by atoms with Crippen molar-refractivity contribution in [2.45, 2.75) is 32.9 Å². The van der Waals surface area contributed by atoms with E-state index in [0.29, 0.717) is 10.9 Å². The Bertz CT molecular complexity index is 596. The van der Waals surface area contributed by atoms with Gasteiger partial charge in [-0.05, 0) is 38.8 Å². The van der Waals surface area contributed by atoms with Gasteiger partial charge in [0.25, 0.3) is 0 Å². The van der Waals surface area contributed by atoms with Crippen LogP contribution in [0.3, 0.4) is 0 Å². The van der Waals surface area contributed by atoms with Crippen molar-refractivity contribution in [1.82, 2.24) is 15.2 Å². The molecule has 0 bridgehead atoms. The number of carbonyl (C=O) groups is 1. The average Bonchev–Trinajstić information content (AvgIpc) is 2.71. The second-order valence-electron chi connectivity index (χ2n) is 4.69. The van der Waals surface area contributed by atoms with E-state index < -0.39 is 0 Å². The van der Waals surface area contributed by atoms with Crippen molar-refractivity contribution in [2.75, 3.05) is 5.75 Å². The Kier molecular flexibility index (Phi) is 4.04. The standard InChI is InChI=1S/C14H17N3OS/c1-8-5-9(2)13(10(3)6-8)12(18)7-19-14-15-11(4)16-17-14/h5-6H,7H2,1-4H3,(H,15,16,17). The lowest BCUT2D eigenvalue weighted by molar-refractivity contribution is 0.102. The monoisotopic (exact) mass is 275 g/mol. The number of Topliss-reactive ketones (excluding diaryl/α,β-unsaturated/α-hetero) is 1. The van der Waals surface area contributed by atoms with Gasteiger partial charge in [0.15, 0.2) is 5.78 Å². The predicted molar refractivity (Wildman–Crippen MR) is 76.8 cm³/mol. The second-order valence-corrected chi connectivity index (χ2v) is 5.63. The fraction of sp³-hybridized carbons (Fsp3) is 0.357. The van der Waals surface area contributed by atoms with Gasteiger partial charge in [0.1, 0.15) is 5.82 Å². The Balaban J connectivity index is 2.12. The summed E-state index contributed by atoms with van der Waals surface area (Å²) in [5.74, 6) is 1.25. The molecule has 1 N–H and O–H groups in total. The smallest absolute Gasteiger partial charge is 0.208 e. The maximum atomic E-state index is 12.3.